The van der Waals surface area contributed by atoms with Gasteiger partial charge in [0.2, 0.25) is 5.91 Å². The maximum absolute atomic E-state index is 12.2. The van der Waals surface area contributed by atoms with Crippen molar-refractivity contribution in [3.8, 4) is 0 Å². The number of rotatable bonds is 5. The van der Waals surface area contributed by atoms with Gasteiger partial charge >= 0.3 is 0 Å². The molecule has 1 aromatic heterocycles. The topological polar surface area (TPSA) is 84.0 Å². The van der Waals surface area contributed by atoms with Crippen molar-refractivity contribution in [2.24, 2.45) is 5.92 Å². The monoisotopic (exact) mass is 289 g/mol. The van der Waals surface area contributed by atoms with Gasteiger partial charge in [-0.1, -0.05) is 26.0 Å². The van der Waals surface area contributed by atoms with Crippen molar-refractivity contribution >= 4 is 16.7 Å². The fourth-order valence-corrected chi connectivity index (χ4v) is 2.02. The molecule has 0 radical (unpaired) electrons. The van der Waals surface area contributed by atoms with E-state index in [1.807, 2.05) is 13.8 Å². The molecule has 0 bridgehead atoms. The number of hydrogen-bond acceptors (Lipinski definition) is 3. The normalized spacial score (nSPS) is 11.0. The van der Waals surface area contributed by atoms with E-state index in [0.717, 1.165) is 0 Å². The van der Waals surface area contributed by atoms with E-state index in [1.165, 1.54) is 4.68 Å². The van der Waals surface area contributed by atoms with Crippen molar-refractivity contribution < 1.29 is 4.79 Å². The Morgan fingerprint density at radius 3 is 2.57 bits per heavy atom. The van der Waals surface area contributed by atoms with E-state index >= 15 is 0 Å². The second-order valence-electron chi connectivity index (χ2n) is 5.39. The molecule has 0 saturated heterocycles. The third-order valence-corrected chi connectivity index (χ3v) is 3.15. The molecule has 6 nitrogen and oxygen atoms in total. The molecule has 0 fully saturated rings. The van der Waals surface area contributed by atoms with Crippen molar-refractivity contribution in [2.45, 2.75) is 26.8 Å². The number of nitrogens with zero attached hydrogens (tertiary/aromatic N) is 1. The number of aromatic amines is 1. The lowest BCUT2D eigenvalue weighted by atomic mass is 10.2. The third kappa shape index (κ3) is 3.59. The number of aromatic nitrogens is 2. The quantitative estimate of drug-likeness (QED) is 0.856. The van der Waals surface area contributed by atoms with E-state index in [1.54, 1.807) is 24.3 Å². The molecule has 0 atom stereocenters. The first-order chi connectivity index (χ1) is 9.99. The number of benzene rings is 1. The molecule has 0 spiro atoms. The minimum atomic E-state index is -0.326. The summed E-state index contributed by atoms with van der Waals surface area (Å²) >= 11 is 0. The molecule has 1 amide bonds. The largest absolute Gasteiger partial charge is 0.356 e. The molecule has 21 heavy (non-hydrogen) atoms. The highest BCUT2D eigenvalue weighted by Gasteiger charge is 2.08. The van der Waals surface area contributed by atoms with Crippen molar-refractivity contribution in [3.63, 3.8) is 0 Å². The molecular weight excluding hydrogens is 270 g/mol. The lowest BCUT2D eigenvalue weighted by molar-refractivity contribution is -0.121. The number of H-pyrrole nitrogens is 1. The summed E-state index contributed by atoms with van der Waals surface area (Å²) in [5.41, 5.74) is -0.616. The summed E-state index contributed by atoms with van der Waals surface area (Å²) in [6.45, 7) is 4.77. The van der Waals surface area contributed by atoms with Crippen LogP contribution >= 0.6 is 0 Å². The van der Waals surface area contributed by atoms with Gasteiger partial charge in [-0.05, 0) is 18.1 Å². The summed E-state index contributed by atoms with van der Waals surface area (Å²) in [7, 11) is 0. The van der Waals surface area contributed by atoms with Crippen LogP contribution in [0.2, 0.25) is 0 Å². The number of hydrogen-bond donors (Lipinski definition) is 2. The smallest absolute Gasteiger partial charge is 0.273 e. The van der Waals surface area contributed by atoms with Gasteiger partial charge in [-0.3, -0.25) is 19.5 Å². The molecule has 2 rings (SSSR count). The van der Waals surface area contributed by atoms with Crippen LogP contribution in [0, 0.1) is 5.92 Å². The zero-order valence-corrected chi connectivity index (χ0v) is 12.2. The van der Waals surface area contributed by atoms with Gasteiger partial charge in [0.05, 0.1) is 17.3 Å². The predicted octanol–water partition coefficient (Wildman–Crippen LogP) is 0.852. The second-order valence-corrected chi connectivity index (χ2v) is 5.39. The maximum Gasteiger partial charge on any atom is 0.273 e. The van der Waals surface area contributed by atoms with Gasteiger partial charge in [0.15, 0.2) is 0 Å². The van der Waals surface area contributed by atoms with Crippen molar-refractivity contribution in [3.05, 3.63) is 45.0 Å². The van der Waals surface area contributed by atoms with Crippen LogP contribution in [0.4, 0.5) is 0 Å². The molecule has 2 aromatic rings. The Hall–Kier alpha value is -2.37. The molecule has 0 unspecified atom stereocenters. The summed E-state index contributed by atoms with van der Waals surface area (Å²) in [4.78, 5) is 35.8. The molecule has 112 valence electrons. The standard InChI is InChI=1S/C15H19N3O3/c1-10(2)9-16-13(19)7-8-18-15(21)12-6-4-3-5-11(12)14(20)17-18/h3-6,10H,7-9H2,1-2H3,(H,16,19)(H,17,20). The highest BCUT2D eigenvalue weighted by molar-refractivity contribution is 5.80. The first-order valence-corrected chi connectivity index (χ1v) is 6.97. The van der Waals surface area contributed by atoms with Gasteiger partial charge in [0, 0.05) is 13.0 Å². The van der Waals surface area contributed by atoms with E-state index < -0.39 is 0 Å². The molecule has 6 heteroatoms. The number of amides is 1. The Morgan fingerprint density at radius 1 is 1.24 bits per heavy atom. The van der Waals surface area contributed by atoms with Crippen molar-refractivity contribution in [1.29, 1.82) is 0 Å². The summed E-state index contributed by atoms with van der Waals surface area (Å²) < 4.78 is 1.19. The fraction of sp³-hybridized carbons (Fsp3) is 0.400. The number of carbonyl (C=O) groups is 1. The molecule has 2 N–H and O–H groups in total. The third-order valence-electron chi connectivity index (χ3n) is 3.15. The molecule has 0 aliphatic heterocycles. The van der Waals surface area contributed by atoms with Crippen molar-refractivity contribution in [2.75, 3.05) is 6.54 Å². The lowest BCUT2D eigenvalue weighted by Gasteiger charge is -2.09. The van der Waals surface area contributed by atoms with Crippen LogP contribution < -0.4 is 16.4 Å². The van der Waals surface area contributed by atoms with Crippen molar-refractivity contribution in [1.82, 2.24) is 15.1 Å². The van der Waals surface area contributed by atoms with Crippen LogP contribution in [0.1, 0.15) is 20.3 Å². The number of carbonyl (C=O) groups excluding carboxylic acids is 1. The molecule has 1 aromatic carbocycles. The summed E-state index contributed by atoms with van der Waals surface area (Å²) in [5.74, 6) is 0.238. The molecule has 0 saturated carbocycles. The zero-order valence-electron chi connectivity index (χ0n) is 12.2. The van der Waals surface area contributed by atoms with Gasteiger partial charge in [0.1, 0.15) is 0 Å². The van der Waals surface area contributed by atoms with Crippen LogP contribution in [0.15, 0.2) is 33.9 Å². The Bertz CT molecular complexity index is 759. The minimum Gasteiger partial charge on any atom is -0.356 e. The SMILES string of the molecule is CC(C)CNC(=O)CCn1[nH]c(=O)c2ccccc2c1=O. The second kappa shape index (κ2) is 6.39. The Kier molecular flexibility index (Phi) is 4.57. The molecular formula is C15H19N3O3. The van der Waals surface area contributed by atoms with Gasteiger partial charge in [-0.25, -0.2) is 4.68 Å². The first-order valence-electron chi connectivity index (χ1n) is 6.97. The van der Waals surface area contributed by atoms with E-state index in [4.69, 9.17) is 0 Å². The van der Waals surface area contributed by atoms with Gasteiger partial charge in [0.25, 0.3) is 11.1 Å². The number of aryl methyl sites for hydroxylation is 1. The first kappa shape index (κ1) is 15.0. The van der Waals surface area contributed by atoms with E-state index in [0.29, 0.717) is 23.2 Å². The highest BCUT2D eigenvalue weighted by atomic mass is 16.2. The number of fused-ring (bicyclic) bond motifs is 1. The average molecular weight is 289 g/mol. The molecule has 0 aliphatic carbocycles. The minimum absolute atomic E-state index is 0.135. The number of nitrogens with one attached hydrogen (secondary N) is 2. The fourth-order valence-electron chi connectivity index (χ4n) is 2.02. The Balaban J connectivity index is 2.16. The Morgan fingerprint density at radius 2 is 1.90 bits per heavy atom. The van der Waals surface area contributed by atoms with E-state index in [9.17, 15) is 14.4 Å². The Labute approximate surface area is 121 Å². The summed E-state index contributed by atoms with van der Waals surface area (Å²) in [6.07, 6.45) is 0.154. The highest BCUT2D eigenvalue weighted by Crippen LogP contribution is 2.02. The van der Waals surface area contributed by atoms with Crippen LogP contribution in [0.25, 0.3) is 10.8 Å². The van der Waals surface area contributed by atoms with E-state index in [-0.39, 0.29) is 30.0 Å². The molecule has 1 heterocycles. The van der Waals surface area contributed by atoms with Gasteiger partial charge < -0.3 is 5.32 Å². The van der Waals surface area contributed by atoms with Gasteiger partial charge in [-0.2, -0.15) is 0 Å². The van der Waals surface area contributed by atoms with Crippen LogP contribution in [-0.2, 0) is 11.3 Å². The maximum atomic E-state index is 12.2. The van der Waals surface area contributed by atoms with Gasteiger partial charge in [-0.15, -0.1) is 0 Å². The lowest BCUT2D eigenvalue weighted by Crippen LogP contribution is -2.33. The summed E-state index contributed by atoms with van der Waals surface area (Å²) in [5, 5.41) is 6.01. The summed E-state index contributed by atoms with van der Waals surface area (Å²) in [6, 6.07) is 6.64. The van der Waals surface area contributed by atoms with Crippen LogP contribution in [0.3, 0.4) is 0 Å². The van der Waals surface area contributed by atoms with E-state index in [2.05, 4.69) is 10.4 Å². The molecule has 0 aliphatic rings. The van der Waals surface area contributed by atoms with Crippen LogP contribution in [0.5, 0.6) is 0 Å². The average Bonchev–Trinajstić information content (AvgIpc) is 2.47. The predicted molar refractivity (Wildman–Crippen MR) is 81.3 cm³/mol. The zero-order chi connectivity index (χ0) is 15.4. The van der Waals surface area contributed by atoms with Crippen LogP contribution in [-0.4, -0.2) is 22.2 Å².